The summed E-state index contributed by atoms with van der Waals surface area (Å²) in [5, 5.41) is 12.2. The average molecular weight is 385 g/mol. The zero-order valence-corrected chi connectivity index (χ0v) is 16.5. The first-order chi connectivity index (χ1) is 12.6. The average Bonchev–Trinajstić information content (AvgIpc) is 3.14. The van der Waals surface area contributed by atoms with Crippen molar-refractivity contribution in [2.24, 2.45) is 0 Å². The fourth-order valence-corrected chi connectivity index (χ4v) is 5.01. The van der Waals surface area contributed by atoms with Crippen molar-refractivity contribution in [1.82, 2.24) is 21.3 Å². The topological polar surface area (TPSA) is 99.3 Å². The largest absolute Gasteiger partial charge is 0.356 e. The molecule has 2 rings (SSSR count). The van der Waals surface area contributed by atoms with Gasteiger partial charge in [0.15, 0.2) is 0 Å². The highest BCUT2D eigenvalue weighted by Gasteiger charge is 2.42. The van der Waals surface area contributed by atoms with Crippen LogP contribution in [0.4, 0.5) is 4.79 Å². The maximum Gasteiger partial charge on any atom is 0.315 e. The molecule has 0 aromatic carbocycles. The van der Waals surface area contributed by atoms with Gasteiger partial charge in [0.2, 0.25) is 11.8 Å². The Morgan fingerprint density at radius 1 is 1.04 bits per heavy atom. The predicted octanol–water partition coefficient (Wildman–Crippen LogP) is 1.52. The Morgan fingerprint density at radius 3 is 2.54 bits per heavy atom. The molecule has 2 heterocycles. The predicted molar refractivity (Wildman–Crippen MR) is 104 cm³/mol. The Morgan fingerprint density at radius 2 is 1.77 bits per heavy atom. The lowest BCUT2D eigenvalue weighted by Crippen LogP contribution is -2.36. The number of urea groups is 1. The number of hydrogen-bond acceptors (Lipinski definition) is 4. The number of fused-ring (bicyclic) bond motifs is 1. The van der Waals surface area contributed by atoms with Crippen LogP contribution in [0.5, 0.6) is 0 Å². The molecule has 0 bridgehead atoms. The minimum Gasteiger partial charge on any atom is -0.356 e. The van der Waals surface area contributed by atoms with E-state index in [1.165, 1.54) is 0 Å². The first-order valence-corrected chi connectivity index (χ1v) is 10.9. The number of hydrogen-bond donors (Lipinski definition) is 4. The lowest BCUT2D eigenvalue weighted by atomic mass is 10.0. The van der Waals surface area contributed by atoms with E-state index in [1.807, 2.05) is 18.7 Å². The van der Waals surface area contributed by atoms with Crippen LogP contribution in [0.15, 0.2) is 0 Å². The summed E-state index contributed by atoms with van der Waals surface area (Å²) in [7, 11) is 0. The first-order valence-electron chi connectivity index (χ1n) is 9.82. The van der Waals surface area contributed by atoms with E-state index in [4.69, 9.17) is 0 Å². The van der Waals surface area contributed by atoms with Gasteiger partial charge in [0.1, 0.15) is 0 Å². The maximum atomic E-state index is 11.8. The maximum absolute atomic E-state index is 11.8. The fourth-order valence-electron chi connectivity index (χ4n) is 3.46. The van der Waals surface area contributed by atoms with Crippen LogP contribution >= 0.6 is 11.8 Å². The molecule has 4 amide bonds. The van der Waals surface area contributed by atoms with Gasteiger partial charge in [-0.15, -0.1) is 0 Å². The second kappa shape index (κ2) is 11.3. The van der Waals surface area contributed by atoms with Crippen LogP contribution in [-0.4, -0.2) is 54.0 Å². The second-order valence-corrected chi connectivity index (χ2v) is 8.25. The molecule has 0 spiro atoms. The van der Waals surface area contributed by atoms with E-state index in [0.717, 1.165) is 44.3 Å². The Balaban J connectivity index is 1.42. The normalized spacial score (nSPS) is 23.9. The van der Waals surface area contributed by atoms with Crippen LogP contribution in [0.25, 0.3) is 0 Å². The summed E-state index contributed by atoms with van der Waals surface area (Å²) < 4.78 is 0. The molecule has 2 aliphatic rings. The van der Waals surface area contributed by atoms with Crippen molar-refractivity contribution in [3.63, 3.8) is 0 Å². The molecule has 2 aliphatic heterocycles. The summed E-state index contributed by atoms with van der Waals surface area (Å²) in [6, 6.07) is 0.477. The van der Waals surface area contributed by atoms with E-state index in [2.05, 4.69) is 21.3 Å². The molecule has 4 N–H and O–H groups in total. The van der Waals surface area contributed by atoms with Crippen LogP contribution in [-0.2, 0) is 9.59 Å². The van der Waals surface area contributed by atoms with Crippen LogP contribution in [0.1, 0.15) is 58.3 Å². The first kappa shape index (κ1) is 20.9. The molecule has 0 aromatic rings. The Kier molecular flexibility index (Phi) is 9.08. The third-order valence-corrected chi connectivity index (χ3v) is 6.37. The Bertz CT molecular complexity index is 489. The molecule has 0 saturated carbocycles. The van der Waals surface area contributed by atoms with Gasteiger partial charge in [0.05, 0.1) is 12.1 Å². The highest BCUT2D eigenvalue weighted by molar-refractivity contribution is 8.00. The van der Waals surface area contributed by atoms with Gasteiger partial charge in [-0.05, 0) is 32.6 Å². The second-order valence-electron chi connectivity index (χ2n) is 6.98. The van der Waals surface area contributed by atoms with Crippen molar-refractivity contribution in [3.05, 3.63) is 0 Å². The van der Waals surface area contributed by atoms with Gasteiger partial charge >= 0.3 is 6.03 Å². The van der Waals surface area contributed by atoms with Gasteiger partial charge in [-0.3, -0.25) is 9.59 Å². The molecule has 0 aromatic heterocycles. The molecule has 26 heavy (non-hydrogen) atoms. The molecule has 0 radical (unpaired) electrons. The van der Waals surface area contributed by atoms with Crippen LogP contribution in [0.2, 0.25) is 0 Å². The van der Waals surface area contributed by atoms with E-state index in [0.29, 0.717) is 31.2 Å². The molecule has 7 nitrogen and oxygen atoms in total. The van der Waals surface area contributed by atoms with Crippen LogP contribution in [0.3, 0.4) is 0 Å². The molecule has 148 valence electrons. The third-order valence-electron chi connectivity index (χ3n) is 4.86. The molecular weight excluding hydrogens is 352 g/mol. The number of rotatable bonds is 12. The number of nitrogens with one attached hydrogen (secondary N) is 4. The third kappa shape index (κ3) is 7.05. The molecule has 8 heteroatoms. The zero-order valence-electron chi connectivity index (χ0n) is 15.6. The minimum atomic E-state index is -0.0457. The van der Waals surface area contributed by atoms with Gasteiger partial charge in [-0.25, -0.2) is 4.79 Å². The quantitative estimate of drug-likeness (QED) is 0.303. The van der Waals surface area contributed by atoms with E-state index in [1.54, 1.807) is 0 Å². The van der Waals surface area contributed by atoms with Crippen molar-refractivity contribution >= 4 is 29.6 Å². The monoisotopic (exact) mass is 384 g/mol. The van der Waals surface area contributed by atoms with E-state index >= 15 is 0 Å². The highest BCUT2D eigenvalue weighted by Crippen LogP contribution is 2.33. The van der Waals surface area contributed by atoms with Crippen molar-refractivity contribution < 1.29 is 14.4 Å². The summed E-state index contributed by atoms with van der Waals surface area (Å²) in [6.07, 6.45) is 6.82. The lowest BCUT2D eigenvalue weighted by molar-refractivity contribution is -0.122. The van der Waals surface area contributed by atoms with Crippen molar-refractivity contribution in [3.8, 4) is 0 Å². The van der Waals surface area contributed by atoms with E-state index in [9.17, 15) is 14.4 Å². The summed E-state index contributed by atoms with van der Waals surface area (Å²) in [4.78, 5) is 34.5. The van der Waals surface area contributed by atoms with Crippen molar-refractivity contribution in [2.45, 2.75) is 75.6 Å². The summed E-state index contributed by atoms with van der Waals surface area (Å²) in [5.74, 6) is 1.20. The summed E-state index contributed by atoms with van der Waals surface area (Å²) in [6.45, 7) is 3.29. The Labute approximate surface area is 160 Å². The van der Waals surface area contributed by atoms with Gasteiger partial charge in [0, 0.05) is 36.9 Å². The van der Waals surface area contributed by atoms with Gasteiger partial charge in [-0.1, -0.05) is 12.8 Å². The molecule has 0 aliphatic carbocycles. The van der Waals surface area contributed by atoms with Crippen LogP contribution < -0.4 is 21.3 Å². The van der Waals surface area contributed by atoms with E-state index < -0.39 is 0 Å². The van der Waals surface area contributed by atoms with Gasteiger partial charge < -0.3 is 21.3 Å². The molecule has 0 unspecified atom stereocenters. The molecule has 2 fully saturated rings. The number of thioether (sulfide) groups is 1. The number of amides is 4. The SMILES string of the molecule is CCNC(=O)CCCCCNC(=O)CCCC[C@@H]1SC[C@@H]2NC(=O)N[C@@H]21. The van der Waals surface area contributed by atoms with Gasteiger partial charge in [0.25, 0.3) is 0 Å². The number of carbonyl (C=O) groups excluding carboxylic acids is 3. The fraction of sp³-hybridized carbons (Fsp3) is 0.833. The van der Waals surface area contributed by atoms with Crippen LogP contribution in [0, 0.1) is 0 Å². The number of carbonyl (C=O) groups is 3. The van der Waals surface area contributed by atoms with Crippen molar-refractivity contribution in [2.75, 3.05) is 18.8 Å². The lowest BCUT2D eigenvalue weighted by Gasteiger charge is -2.16. The van der Waals surface area contributed by atoms with Crippen molar-refractivity contribution in [1.29, 1.82) is 0 Å². The summed E-state index contributed by atoms with van der Waals surface area (Å²) >= 11 is 1.92. The zero-order chi connectivity index (χ0) is 18.8. The molecule has 2 saturated heterocycles. The number of unbranched alkanes of at least 4 members (excludes halogenated alkanes) is 3. The standard InChI is InChI=1S/C18H32N4O3S/c1-2-19-15(23)9-4-3-7-11-20-16(24)10-6-5-8-14-17-13(12-26-14)21-18(25)22-17/h13-14,17H,2-12H2,1H3,(H,19,23)(H,20,24)(H2,21,22,25)/t13-,14-,17-/m0/s1. The van der Waals surface area contributed by atoms with E-state index in [-0.39, 0.29) is 29.9 Å². The van der Waals surface area contributed by atoms with Gasteiger partial charge in [-0.2, -0.15) is 11.8 Å². The summed E-state index contributed by atoms with van der Waals surface area (Å²) in [5.41, 5.74) is 0. The smallest absolute Gasteiger partial charge is 0.315 e. The highest BCUT2D eigenvalue weighted by atomic mass is 32.2. The Hall–Kier alpha value is -1.44. The minimum absolute atomic E-state index is 0.0457. The molecule has 3 atom stereocenters. The molecular formula is C18H32N4O3S.